The Morgan fingerprint density at radius 1 is 1.21 bits per heavy atom. The van der Waals surface area contributed by atoms with Crippen molar-refractivity contribution < 1.29 is 9.90 Å². The average Bonchev–Trinajstić information content (AvgIpc) is 2.52. The van der Waals surface area contributed by atoms with Crippen LogP contribution in [0.2, 0.25) is 0 Å². The minimum Gasteiger partial charge on any atom is -0.396 e. The molecule has 0 heterocycles. The molecular formula is C15H28N2O2. The first-order valence-electron chi connectivity index (χ1n) is 7.69. The molecule has 2 N–H and O–H groups in total. The van der Waals surface area contributed by atoms with E-state index in [1.54, 1.807) is 0 Å². The van der Waals surface area contributed by atoms with E-state index < -0.39 is 0 Å². The van der Waals surface area contributed by atoms with E-state index >= 15 is 0 Å². The fourth-order valence-corrected chi connectivity index (χ4v) is 3.48. The number of nitrogens with zero attached hydrogens (tertiary/aromatic N) is 1. The molecule has 4 nitrogen and oxygen atoms in total. The molecule has 2 atom stereocenters. The molecule has 110 valence electrons. The first-order valence-corrected chi connectivity index (χ1v) is 7.69. The lowest BCUT2D eigenvalue weighted by atomic mass is 9.74. The number of likely N-dealkylation sites (N-methyl/N-ethyl adjacent to an activating group) is 1. The predicted octanol–water partition coefficient (Wildman–Crippen LogP) is 1.53. The molecule has 0 bridgehead atoms. The second kappa shape index (κ2) is 6.23. The van der Waals surface area contributed by atoms with Gasteiger partial charge in [0.2, 0.25) is 5.91 Å². The molecule has 4 heteroatoms. The molecule has 0 aromatic heterocycles. The van der Waals surface area contributed by atoms with Crippen molar-refractivity contribution >= 4 is 5.91 Å². The van der Waals surface area contributed by atoms with Crippen LogP contribution >= 0.6 is 0 Å². The third-order valence-electron chi connectivity index (χ3n) is 5.17. The Kier molecular flexibility index (Phi) is 4.85. The van der Waals surface area contributed by atoms with Crippen molar-refractivity contribution in [3.63, 3.8) is 0 Å². The van der Waals surface area contributed by atoms with Crippen molar-refractivity contribution in [2.45, 2.75) is 62.9 Å². The molecule has 2 aliphatic carbocycles. The van der Waals surface area contributed by atoms with Gasteiger partial charge >= 0.3 is 0 Å². The lowest BCUT2D eigenvalue weighted by molar-refractivity contribution is -0.138. The van der Waals surface area contributed by atoms with E-state index in [1.165, 1.54) is 12.8 Å². The highest BCUT2D eigenvalue weighted by molar-refractivity contribution is 5.87. The molecule has 19 heavy (non-hydrogen) atoms. The van der Waals surface area contributed by atoms with Crippen molar-refractivity contribution in [2.24, 2.45) is 5.92 Å². The van der Waals surface area contributed by atoms with Gasteiger partial charge in [0.1, 0.15) is 0 Å². The Labute approximate surface area is 116 Å². The maximum Gasteiger partial charge on any atom is 0.240 e. The van der Waals surface area contributed by atoms with Gasteiger partial charge in [0.05, 0.1) is 5.54 Å². The number of aliphatic hydroxyl groups is 1. The van der Waals surface area contributed by atoms with Crippen molar-refractivity contribution in [1.82, 2.24) is 10.2 Å². The van der Waals surface area contributed by atoms with Crippen LogP contribution in [0.3, 0.4) is 0 Å². The number of hydrogen-bond acceptors (Lipinski definition) is 3. The smallest absolute Gasteiger partial charge is 0.240 e. The lowest BCUT2D eigenvalue weighted by Crippen LogP contribution is -2.62. The number of hydrogen-bond donors (Lipinski definition) is 2. The van der Waals surface area contributed by atoms with Crippen LogP contribution < -0.4 is 5.32 Å². The Morgan fingerprint density at radius 2 is 1.89 bits per heavy atom. The Bertz CT molecular complexity index is 313. The maximum atomic E-state index is 12.6. The van der Waals surface area contributed by atoms with Crippen LogP contribution in [-0.4, -0.2) is 48.2 Å². The summed E-state index contributed by atoms with van der Waals surface area (Å²) in [4.78, 5) is 14.7. The quantitative estimate of drug-likeness (QED) is 0.760. The molecule has 2 fully saturated rings. The fourth-order valence-electron chi connectivity index (χ4n) is 3.48. The summed E-state index contributed by atoms with van der Waals surface area (Å²) in [6, 6.07) is 0.164. The van der Waals surface area contributed by atoms with Crippen LogP contribution in [0.1, 0.15) is 51.4 Å². The molecule has 1 amide bonds. The Balaban J connectivity index is 2.00. The molecule has 2 unspecified atom stereocenters. The number of carbonyl (C=O) groups is 1. The van der Waals surface area contributed by atoms with E-state index in [-0.39, 0.29) is 30.0 Å². The molecule has 0 aromatic rings. The monoisotopic (exact) mass is 268 g/mol. The van der Waals surface area contributed by atoms with Crippen molar-refractivity contribution in [3.05, 3.63) is 0 Å². The second-order valence-corrected chi connectivity index (χ2v) is 6.44. The van der Waals surface area contributed by atoms with Gasteiger partial charge in [-0.05, 0) is 46.2 Å². The summed E-state index contributed by atoms with van der Waals surface area (Å²) in [7, 11) is 3.99. The third-order valence-corrected chi connectivity index (χ3v) is 5.17. The number of nitrogens with one attached hydrogen (secondary N) is 1. The van der Waals surface area contributed by atoms with Gasteiger partial charge in [-0.1, -0.05) is 19.3 Å². The van der Waals surface area contributed by atoms with Crippen molar-refractivity contribution in [2.75, 3.05) is 20.7 Å². The van der Waals surface area contributed by atoms with Crippen LogP contribution in [0.4, 0.5) is 0 Å². The van der Waals surface area contributed by atoms with Crippen molar-refractivity contribution in [1.29, 1.82) is 0 Å². The molecule has 0 radical (unpaired) electrons. The van der Waals surface area contributed by atoms with Crippen LogP contribution in [0.5, 0.6) is 0 Å². The zero-order valence-corrected chi connectivity index (χ0v) is 12.3. The van der Waals surface area contributed by atoms with E-state index in [2.05, 4.69) is 10.2 Å². The molecular weight excluding hydrogens is 240 g/mol. The molecule has 2 rings (SSSR count). The molecule has 2 saturated carbocycles. The minimum absolute atomic E-state index is 0.164. The van der Waals surface area contributed by atoms with Crippen LogP contribution in [0.25, 0.3) is 0 Å². The molecule has 2 aliphatic rings. The zero-order valence-electron chi connectivity index (χ0n) is 12.3. The molecule has 0 saturated heterocycles. The topological polar surface area (TPSA) is 52.6 Å². The highest BCUT2D eigenvalue weighted by Gasteiger charge is 2.46. The number of rotatable bonds is 4. The molecule has 0 spiro atoms. The van der Waals surface area contributed by atoms with E-state index in [9.17, 15) is 9.90 Å². The van der Waals surface area contributed by atoms with Gasteiger partial charge in [0, 0.05) is 18.6 Å². The first kappa shape index (κ1) is 14.8. The van der Waals surface area contributed by atoms with Gasteiger partial charge in [0.15, 0.2) is 0 Å². The lowest BCUT2D eigenvalue weighted by Gasteiger charge is -2.46. The normalized spacial score (nSPS) is 30.5. The molecule has 0 aromatic carbocycles. The first-order chi connectivity index (χ1) is 9.10. The molecule has 0 aliphatic heterocycles. The average molecular weight is 268 g/mol. The zero-order chi connectivity index (χ0) is 13.9. The SMILES string of the molecule is CN(C)C1(C(=O)NC2CCCCCC2CO)CCC1. The van der Waals surface area contributed by atoms with Gasteiger partial charge in [-0.2, -0.15) is 0 Å². The van der Waals surface area contributed by atoms with E-state index in [1.807, 2.05) is 14.1 Å². The van der Waals surface area contributed by atoms with Gasteiger partial charge in [-0.25, -0.2) is 0 Å². The second-order valence-electron chi connectivity index (χ2n) is 6.44. The number of aliphatic hydroxyl groups excluding tert-OH is 1. The van der Waals surface area contributed by atoms with Gasteiger partial charge in [-0.3, -0.25) is 9.69 Å². The summed E-state index contributed by atoms with van der Waals surface area (Å²) in [5, 5.41) is 12.8. The number of carbonyl (C=O) groups excluding carboxylic acids is 1. The van der Waals surface area contributed by atoms with Gasteiger partial charge in [0.25, 0.3) is 0 Å². The third kappa shape index (κ3) is 2.95. The summed E-state index contributed by atoms with van der Waals surface area (Å²) in [5.74, 6) is 0.417. The standard InChI is InChI=1S/C15H28N2O2/c1-17(2)15(9-6-10-15)14(19)16-13-8-5-3-4-7-12(13)11-18/h12-13,18H,3-11H2,1-2H3,(H,16,19). The summed E-state index contributed by atoms with van der Waals surface area (Å²) < 4.78 is 0. The van der Waals surface area contributed by atoms with Gasteiger partial charge < -0.3 is 10.4 Å². The Morgan fingerprint density at radius 3 is 2.42 bits per heavy atom. The van der Waals surface area contributed by atoms with E-state index in [0.717, 1.165) is 38.5 Å². The Hall–Kier alpha value is -0.610. The van der Waals surface area contributed by atoms with E-state index in [0.29, 0.717) is 0 Å². The summed E-state index contributed by atoms with van der Waals surface area (Å²) in [6.07, 6.45) is 8.68. The van der Waals surface area contributed by atoms with Crippen LogP contribution in [0.15, 0.2) is 0 Å². The van der Waals surface area contributed by atoms with E-state index in [4.69, 9.17) is 0 Å². The van der Waals surface area contributed by atoms with Crippen molar-refractivity contribution in [3.8, 4) is 0 Å². The highest BCUT2D eigenvalue weighted by Crippen LogP contribution is 2.37. The summed E-state index contributed by atoms with van der Waals surface area (Å²) in [5.41, 5.74) is -0.285. The maximum absolute atomic E-state index is 12.6. The largest absolute Gasteiger partial charge is 0.396 e. The van der Waals surface area contributed by atoms with Gasteiger partial charge in [-0.15, -0.1) is 0 Å². The summed E-state index contributed by atoms with van der Waals surface area (Å²) in [6.45, 7) is 0.194. The highest BCUT2D eigenvalue weighted by atomic mass is 16.3. The minimum atomic E-state index is -0.285. The van der Waals surface area contributed by atoms with Crippen LogP contribution in [-0.2, 0) is 4.79 Å². The number of amides is 1. The fraction of sp³-hybridized carbons (Fsp3) is 0.933. The summed E-state index contributed by atoms with van der Waals surface area (Å²) >= 11 is 0. The van der Waals surface area contributed by atoms with Crippen LogP contribution in [0, 0.1) is 5.92 Å². The predicted molar refractivity (Wildman–Crippen MR) is 75.9 cm³/mol.